The third-order valence-electron chi connectivity index (χ3n) is 5.11. The maximum absolute atomic E-state index is 13.1. The molecule has 1 aliphatic carbocycles. The SMILES string of the molecule is COc1ccc(OC)c(S(=O)(=O)N2CCC(C3C=CCC=C3Br)CC2)c1. The quantitative estimate of drug-likeness (QED) is 0.648. The summed E-state index contributed by atoms with van der Waals surface area (Å²) in [7, 11) is -0.622. The van der Waals surface area contributed by atoms with Crippen molar-refractivity contribution in [3.8, 4) is 11.5 Å². The highest BCUT2D eigenvalue weighted by molar-refractivity contribution is 9.11. The first kappa shape index (κ1) is 19.5. The molecule has 1 saturated heterocycles. The van der Waals surface area contributed by atoms with Gasteiger partial charge in [-0.2, -0.15) is 4.31 Å². The summed E-state index contributed by atoms with van der Waals surface area (Å²) in [5.74, 6) is 1.66. The van der Waals surface area contributed by atoms with Gasteiger partial charge in [-0.05, 0) is 41.8 Å². The van der Waals surface area contributed by atoms with Crippen LogP contribution in [0.5, 0.6) is 11.5 Å². The molecule has 5 nitrogen and oxygen atoms in total. The van der Waals surface area contributed by atoms with Crippen molar-refractivity contribution >= 4 is 26.0 Å². The zero-order valence-electron chi connectivity index (χ0n) is 15.0. The smallest absolute Gasteiger partial charge is 0.246 e. The van der Waals surface area contributed by atoms with Crippen LogP contribution in [-0.2, 0) is 10.0 Å². The lowest BCUT2D eigenvalue weighted by Crippen LogP contribution is -2.40. The number of sulfonamides is 1. The first-order valence-electron chi connectivity index (χ1n) is 8.71. The molecule has 0 aromatic heterocycles. The first-order chi connectivity index (χ1) is 12.5. The molecule has 142 valence electrons. The molecule has 1 unspecified atom stereocenters. The summed E-state index contributed by atoms with van der Waals surface area (Å²) < 4.78 is 39.5. The Labute approximate surface area is 163 Å². The molecule has 1 aliphatic heterocycles. The van der Waals surface area contributed by atoms with Gasteiger partial charge in [0.25, 0.3) is 0 Å². The molecular weight excluding hydrogens is 418 g/mol. The molecule has 0 amide bonds. The molecule has 1 atom stereocenters. The van der Waals surface area contributed by atoms with Crippen LogP contribution in [0.2, 0.25) is 0 Å². The van der Waals surface area contributed by atoms with E-state index in [1.807, 2.05) is 0 Å². The molecule has 1 aromatic carbocycles. The molecule has 26 heavy (non-hydrogen) atoms. The molecule has 0 saturated carbocycles. The van der Waals surface area contributed by atoms with E-state index >= 15 is 0 Å². The fourth-order valence-corrected chi connectivity index (χ4v) is 5.97. The van der Waals surface area contributed by atoms with Crippen molar-refractivity contribution in [1.29, 1.82) is 0 Å². The Kier molecular flexibility index (Phi) is 6.10. The second kappa shape index (κ2) is 8.15. The van der Waals surface area contributed by atoms with Crippen LogP contribution >= 0.6 is 15.9 Å². The van der Waals surface area contributed by atoms with E-state index in [9.17, 15) is 8.42 Å². The molecule has 0 spiro atoms. The van der Waals surface area contributed by atoms with E-state index in [1.54, 1.807) is 16.4 Å². The fourth-order valence-electron chi connectivity index (χ4n) is 3.62. The number of piperidine rings is 1. The summed E-state index contributed by atoms with van der Waals surface area (Å²) in [6.07, 6.45) is 9.24. The number of allylic oxidation sites excluding steroid dienone is 4. The van der Waals surface area contributed by atoms with E-state index in [4.69, 9.17) is 9.47 Å². The normalized spacial score (nSPS) is 22.1. The van der Waals surface area contributed by atoms with Crippen LogP contribution < -0.4 is 9.47 Å². The lowest BCUT2D eigenvalue weighted by Gasteiger charge is -2.35. The molecule has 0 bridgehead atoms. The van der Waals surface area contributed by atoms with Crippen molar-refractivity contribution in [2.45, 2.75) is 24.2 Å². The number of halogens is 1. The van der Waals surface area contributed by atoms with E-state index in [2.05, 4.69) is 34.2 Å². The Hall–Kier alpha value is -1.31. The van der Waals surface area contributed by atoms with Gasteiger partial charge < -0.3 is 9.47 Å². The average molecular weight is 442 g/mol. The summed E-state index contributed by atoms with van der Waals surface area (Å²) in [5.41, 5.74) is 0. The Morgan fingerprint density at radius 1 is 1.15 bits per heavy atom. The minimum atomic E-state index is -3.62. The van der Waals surface area contributed by atoms with Crippen molar-refractivity contribution in [2.24, 2.45) is 11.8 Å². The van der Waals surface area contributed by atoms with E-state index in [0.29, 0.717) is 36.4 Å². The van der Waals surface area contributed by atoms with Crippen LogP contribution in [0.4, 0.5) is 0 Å². The number of methoxy groups -OCH3 is 2. The summed E-state index contributed by atoms with van der Waals surface area (Å²) in [4.78, 5) is 0.163. The third kappa shape index (κ3) is 3.85. The second-order valence-electron chi connectivity index (χ2n) is 6.54. The number of hydrogen-bond donors (Lipinski definition) is 0. The molecule has 0 radical (unpaired) electrons. The summed E-state index contributed by atoms with van der Waals surface area (Å²) in [5, 5.41) is 0. The Balaban J connectivity index is 1.77. The molecule has 7 heteroatoms. The molecule has 2 aliphatic rings. The topological polar surface area (TPSA) is 55.8 Å². The minimum absolute atomic E-state index is 0.163. The van der Waals surface area contributed by atoms with Crippen molar-refractivity contribution < 1.29 is 17.9 Å². The number of benzene rings is 1. The van der Waals surface area contributed by atoms with E-state index in [1.165, 1.54) is 24.8 Å². The van der Waals surface area contributed by atoms with Gasteiger partial charge in [0.05, 0.1) is 14.2 Å². The zero-order chi connectivity index (χ0) is 18.7. The van der Waals surface area contributed by atoms with Gasteiger partial charge in [0.1, 0.15) is 16.4 Å². The molecule has 0 N–H and O–H groups in total. The van der Waals surface area contributed by atoms with Gasteiger partial charge in [-0.1, -0.05) is 34.2 Å². The summed E-state index contributed by atoms with van der Waals surface area (Å²) in [6, 6.07) is 4.86. The highest BCUT2D eigenvalue weighted by atomic mass is 79.9. The Morgan fingerprint density at radius 2 is 1.88 bits per heavy atom. The maximum atomic E-state index is 13.1. The maximum Gasteiger partial charge on any atom is 0.246 e. The largest absolute Gasteiger partial charge is 0.497 e. The van der Waals surface area contributed by atoms with Gasteiger partial charge in [0.2, 0.25) is 10.0 Å². The lowest BCUT2D eigenvalue weighted by atomic mass is 9.83. The molecular formula is C19H24BrNO4S. The number of ether oxygens (including phenoxy) is 2. The summed E-state index contributed by atoms with van der Waals surface area (Å²) in [6.45, 7) is 1.02. The van der Waals surface area contributed by atoms with Gasteiger partial charge >= 0.3 is 0 Å². The van der Waals surface area contributed by atoms with E-state index < -0.39 is 10.0 Å². The third-order valence-corrected chi connectivity index (χ3v) is 7.88. The van der Waals surface area contributed by atoms with Crippen LogP contribution in [0, 0.1) is 11.8 Å². The van der Waals surface area contributed by atoms with E-state index in [0.717, 1.165) is 19.3 Å². The van der Waals surface area contributed by atoms with Gasteiger partial charge in [-0.25, -0.2) is 8.42 Å². The van der Waals surface area contributed by atoms with Crippen molar-refractivity contribution in [3.05, 3.63) is 40.9 Å². The van der Waals surface area contributed by atoms with E-state index in [-0.39, 0.29) is 4.90 Å². The monoisotopic (exact) mass is 441 g/mol. The zero-order valence-corrected chi connectivity index (χ0v) is 17.4. The molecule has 1 heterocycles. The lowest BCUT2D eigenvalue weighted by molar-refractivity contribution is 0.248. The van der Waals surface area contributed by atoms with Crippen molar-refractivity contribution in [1.82, 2.24) is 4.31 Å². The second-order valence-corrected chi connectivity index (χ2v) is 9.36. The predicted octanol–water partition coefficient (Wildman–Crippen LogP) is 3.96. The number of rotatable bonds is 5. The van der Waals surface area contributed by atoms with Crippen molar-refractivity contribution in [3.63, 3.8) is 0 Å². The fraction of sp³-hybridized carbons (Fsp3) is 0.474. The Bertz CT molecular complexity index is 811. The highest BCUT2D eigenvalue weighted by Crippen LogP contribution is 2.38. The van der Waals surface area contributed by atoms with Crippen LogP contribution in [0.15, 0.2) is 45.8 Å². The first-order valence-corrected chi connectivity index (χ1v) is 10.9. The number of nitrogens with zero attached hydrogens (tertiary/aromatic N) is 1. The van der Waals surface area contributed by atoms with Crippen molar-refractivity contribution in [2.75, 3.05) is 27.3 Å². The van der Waals surface area contributed by atoms with Crippen LogP contribution in [0.25, 0.3) is 0 Å². The molecule has 3 rings (SSSR count). The average Bonchev–Trinajstić information content (AvgIpc) is 2.68. The van der Waals surface area contributed by atoms with Gasteiger partial charge in [-0.3, -0.25) is 0 Å². The molecule has 1 aromatic rings. The van der Waals surface area contributed by atoms with Crippen LogP contribution in [0.1, 0.15) is 19.3 Å². The van der Waals surface area contributed by atoms with Gasteiger partial charge in [0.15, 0.2) is 0 Å². The van der Waals surface area contributed by atoms with Gasteiger partial charge in [-0.15, -0.1) is 0 Å². The highest BCUT2D eigenvalue weighted by Gasteiger charge is 2.34. The van der Waals surface area contributed by atoms with Crippen LogP contribution in [-0.4, -0.2) is 40.0 Å². The predicted molar refractivity (Wildman–Crippen MR) is 105 cm³/mol. The van der Waals surface area contributed by atoms with Gasteiger partial charge in [0, 0.05) is 25.1 Å². The van der Waals surface area contributed by atoms with Crippen LogP contribution in [0.3, 0.4) is 0 Å². The standard InChI is InChI=1S/C19H24BrNO4S/c1-24-15-7-8-18(25-2)19(13-15)26(22,23)21-11-9-14(10-12-21)16-5-3-4-6-17(16)20/h3,5-8,13-14,16H,4,9-12H2,1-2H3. The summed E-state index contributed by atoms with van der Waals surface area (Å²) >= 11 is 3.66. The number of hydrogen-bond acceptors (Lipinski definition) is 4. The minimum Gasteiger partial charge on any atom is -0.497 e. The molecule has 1 fully saturated rings. The Morgan fingerprint density at radius 3 is 2.50 bits per heavy atom.